The molecule has 0 spiro atoms. The summed E-state index contributed by atoms with van der Waals surface area (Å²) in [5.74, 6) is -2.72. The van der Waals surface area contributed by atoms with Crippen molar-refractivity contribution in [3.05, 3.63) is 24.3 Å². The summed E-state index contributed by atoms with van der Waals surface area (Å²) in [5.41, 5.74) is -0.239. The van der Waals surface area contributed by atoms with E-state index in [1.165, 1.54) is 0 Å². The summed E-state index contributed by atoms with van der Waals surface area (Å²) in [5, 5.41) is 0. The van der Waals surface area contributed by atoms with Crippen molar-refractivity contribution in [2.75, 3.05) is 6.61 Å². The Hall–Kier alpha value is -2.15. The van der Waals surface area contributed by atoms with Gasteiger partial charge in [0.25, 0.3) is 0 Å². The van der Waals surface area contributed by atoms with Crippen molar-refractivity contribution in [2.24, 2.45) is 23.2 Å². The lowest BCUT2D eigenvalue weighted by molar-refractivity contribution is -0.204. The topological polar surface area (TPSA) is 91.4 Å². The summed E-state index contributed by atoms with van der Waals surface area (Å²) in [7, 11) is 0. The third kappa shape index (κ3) is 2.40. The zero-order valence-corrected chi connectivity index (χ0v) is 15.7. The molecule has 7 nitrogen and oxygen atoms in total. The SMILES string of the molecule is C=C1C(=O)OC2C1C1OC(=O)C(=C)C1C(C)(C1CO1)C2OC(=O)C(C)CC. The molecule has 8 unspecified atom stereocenters. The molecule has 0 aromatic rings. The van der Waals surface area contributed by atoms with Gasteiger partial charge in [0.05, 0.1) is 24.5 Å². The van der Waals surface area contributed by atoms with E-state index in [-0.39, 0.29) is 23.6 Å². The van der Waals surface area contributed by atoms with E-state index in [2.05, 4.69) is 13.2 Å². The molecule has 4 rings (SSSR count). The van der Waals surface area contributed by atoms with Crippen LogP contribution >= 0.6 is 0 Å². The van der Waals surface area contributed by atoms with Crippen molar-refractivity contribution in [1.29, 1.82) is 0 Å². The van der Waals surface area contributed by atoms with E-state index in [4.69, 9.17) is 18.9 Å². The minimum Gasteiger partial charge on any atom is -0.458 e. The number of rotatable bonds is 4. The molecule has 0 N–H and O–H groups in total. The van der Waals surface area contributed by atoms with E-state index in [1.807, 2.05) is 13.8 Å². The average Bonchev–Trinajstić information content (AvgIpc) is 3.39. The highest BCUT2D eigenvalue weighted by molar-refractivity contribution is 5.94. The third-order valence-corrected chi connectivity index (χ3v) is 6.69. The van der Waals surface area contributed by atoms with Gasteiger partial charge in [0.1, 0.15) is 12.2 Å². The van der Waals surface area contributed by atoms with Crippen LogP contribution in [0.3, 0.4) is 0 Å². The first-order valence-corrected chi connectivity index (χ1v) is 9.33. The van der Waals surface area contributed by atoms with Gasteiger partial charge in [-0.2, -0.15) is 0 Å². The number of epoxide rings is 1. The quantitative estimate of drug-likeness (QED) is 0.318. The highest BCUT2D eigenvalue weighted by atomic mass is 16.6. The molecule has 4 fully saturated rings. The van der Waals surface area contributed by atoms with Crippen LogP contribution in [0.25, 0.3) is 0 Å². The predicted molar refractivity (Wildman–Crippen MR) is 92.2 cm³/mol. The van der Waals surface area contributed by atoms with E-state index in [1.54, 1.807) is 6.92 Å². The Balaban J connectivity index is 1.80. The Morgan fingerprint density at radius 2 is 1.81 bits per heavy atom. The second kappa shape index (κ2) is 5.92. The predicted octanol–water partition coefficient (Wildman–Crippen LogP) is 1.56. The van der Waals surface area contributed by atoms with Crippen LogP contribution < -0.4 is 0 Å². The Morgan fingerprint density at radius 1 is 1.22 bits per heavy atom. The first-order valence-electron chi connectivity index (χ1n) is 9.33. The van der Waals surface area contributed by atoms with Gasteiger partial charge in [0.2, 0.25) is 0 Å². The van der Waals surface area contributed by atoms with Crippen LogP contribution in [0.4, 0.5) is 0 Å². The standard InChI is InChI=1S/C20H24O7/c1-6-8(2)17(21)27-16-15-12(9(3)18(22)26-15)14-13(10(4)19(23)25-14)20(16,5)11-7-24-11/h8,11-16H,3-4,6-7H2,1-2,5H3. The van der Waals surface area contributed by atoms with E-state index >= 15 is 0 Å². The number of carbonyl (C=O) groups excluding carboxylic acids is 3. The fourth-order valence-corrected chi connectivity index (χ4v) is 4.77. The minimum absolute atomic E-state index is 0.237. The fourth-order valence-electron chi connectivity index (χ4n) is 4.77. The summed E-state index contributed by atoms with van der Waals surface area (Å²) in [4.78, 5) is 37.2. The fraction of sp³-hybridized carbons (Fsp3) is 0.650. The molecule has 27 heavy (non-hydrogen) atoms. The van der Waals surface area contributed by atoms with Crippen LogP contribution in [0.1, 0.15) is 27.2 Å². The molecule has 1 aliphatic carbocycles. The van der Waals surface area contributed by atoms with E-state index < -0.39 is 47.5 Å². The summed E-state index contributed by atoms with van der Waals surface area (Å²) < 4.78 is 22.6. The van der Waals surface area contributed by atoms with Crippen molar-refractivity contribution < 1.29 is 33.3 Å². The molecule has 7 heteroatoms. The molecule has 3 aliphatic heterocycles. The summed E-state index contributed by atoms with van der Waals surface area (Å²) in [6, 6.07) is 0. The summed E-state index contributed by atoms with van der Waals surface area (Å²) in [6.07, 6.45) is -1.76. The van der Waals surface area contributed by atoms with Crippen molar-refractivity contribution in [2.45, 2.75) is 51.6 Å². The third-order valence-electron chi connectivity index (χ3n) is 6.69. The number of esters is 3. The molecule has 0 aromatic carbocycles. The lowest BCUT2D eigenvalue weighted by atomic mass is 9.56. The van der Waals surface area contributed by atoms with E-state index in [9.17, 15) is 14.4 Å². The zero-order valence-electron chi connectivity index (χ0n) is 15.7. The van der Waals surface area contributed by atoms with Gasteiger partial charge in [-0.1, -0.05) is 33.9 Å². The van der Waals surface area contributed by atoms with Crippen LogP contribution in [-0.2, 0) is 33.3 Å². The minimum atomic E-state index is -0.789. The first-order chi connectivity index (χ1) is 12.7. The van der Waals surface area contributed by atoms with Crippen LogP contribution in [0.5, 0.6) is 0 Å². The molecule has 3 heterocycles. The van der Waals surface area contributed by atoms with Gasteiger partial charge in [-0.15, -0.1) is 0 Å². The number of hydrogen-bond acceptors (Lipinski definition) is 7. The average molecular weight is 376 g/mol. The maximum Gasteiger partial charge on any atom is 0.334 e. The Morgan fingerprint density at radius 3 is 2.41 bits per heavy atom. The molecular formula is C20H24O7. The van der Waals surface area contributed by atoms with Gasteiger partial charge in [0.15, 0.2) is 6.10 Å². The lowest BCUT2D eigenvalue weighted by Crippen LogP contribution is -2.62. The summed E-state index contributed by atoms with van der Waals surface area (Å²) in [6.45, 7) is 13.8. The number of carbonyl (C=O) groups is 3. The maximum absolute atomic E-state index is 12.6. The van der Waals surface area contributed by atoms with Gasteiger partial charge >= 0.3 is 17.9 Å². The van der Waals surface area contributed by atoms with Crippen LogP contribution in [0, 0.1) is 23.2 Å². The van der Waals surface area contributed by atoms with Crippen LogP contribution in [0.15, 0.2) is 24.3 Å². The van der Waals surface area contributed by atoms with Crippen LogP contribution in [-0.4, -0.2) is 48.9 Å². The molecule has 0 bridgehead atoms. The summed E-state index contributed by atoms with van der Waals surface area (Å²) >= 11 is 0. The lowest BCUT2D eigenvalue weighted by Gasteiger charge is -2.50. The zero-order chi connectivity index (χ0) is 19.7. The first kappa shape index (κ1) is 18.2. The molecule has 4 aliphatic rings. The van der Waals surface area contributed by atoms with E-state index in [0.29, 0.717) is 18.6 Å². The van der Waals surface area contributed by atoms with Gasteiger partial charge in [0, 0.05) is 22.5 Å². The largest absolute Gasteiger partial charge is 0.458 e. The van der Waals surface area contributed by atoms with Crippen LogP contribution in [0.2, 0.25) is 0 Å². The number of ether oxygens (including phenoxy) is 4. The Kier molecular flexibility index (Phi) is 4.00. The van der Waals surface area contributed by atoms with Gasteiger partial charge in [-0.3, -0.25) is 4.79 Å². The van der Waals surface area contributed by atoms with Crippen molar-refractivity contribution in [3.8, 4) is 0 Å². The highest BCUT2D eigenvalue weighted by Gasteiger charge is 2.72. The van der Waals surface area contributed by atoms with Crippen molar-refractivity contribution in [1.82, 2.24) is 0 Å². The Bertz CT molecular complexity index is 751. The molecule has 0 aromatic heterocycles. The second-order valence-corrected chi connectivity index (χ2v) is 8.15. The maximum atomic E-state index is 12.6. The van der Waals surface area contributed by atoms with Crippen molar-refractivity contribution >= 4 is 17.9 Å². The molecular weight excluding hydrogens is 352 g/mol. The normalized spacial score (nSPS) is 43.5. The van der Waals surface area contributed by atoms with Gasteiger partial charge < -0.3 is 18.9 Å². The molecule has 3 saturated heterocycles. The highest BCUT2D eigenvalue weighted by Crippen LogP contribution is 2.60. The molecule has 0 amide bonds. The van der Waals surface area contributed by atoms with Crippen molar-refractivity contribution in [3.63, 3.8) is 0 Å². The van der Waals surface area contributed by atoms with E-state index in [0.717, 1.165) is 0 Å². The monoisotopic (exact) mass is 376 g/mol. The number of fused-ring (bicyclic) bond motifs is 3. The van der Waals surface area contributed by atoms with Gasteiger partial charge in [-0.25, -0.2) is 9.59 Å². The Labute approximate surface area is 157 Å². The molecule has 8 atom stereocenters. The smallest absolute Gasteiger partial charge is 0.334 e. The molecule has 0 radical (unpaired) electrons. The number of hydrogen-bond donors (Lipinski definition) is 0. The van der Waals surface area contributed by atoms with Gasteiger partial charge in [-0.05, 0) is 6.42 Å². The molecule has 1 saturated carbocycles. The second-order valence-electron chi connectivity index (χ2n) is 8.15. The molecule has 146 valence electrons.